The van der Waals surface area contributed by atoms with Crippen LogP contribution in [-0.4, -0.2) is 39.6 Å². The molecule has 4 aromatic rings. The number of anilines is 2. The van der Waals surface area contributed by atoms with Crippen molar-refractivity contribution in [2.75, 3.05) is 17.3 Å². The highest BCUT2D eigenvalue weighted by Gasteiger charge is 2.57. The highest BCUT2D eigenvalue weighted by Crippen LogP contribution is 2.55. The predicted molar refractivity (Wildman–Crippen MR) is 162 cm³/mol. The first-order chi connectivity index (χ1) is 20.7. The summed E-state index contributed by atoms with van der Waals surface area (Å²) in [6.07, 6.45) is 0. The number of aryl methyl sites for hydroxylation is 1. The zero-order valence-corrected chi connectivity index (χ0v) is 24.5. The number of nitrogens with zero attached hydrogens (tertiary/aromatic N) is 3. The molecule has 218 valence electrons. The van der Waals surface area contributed by atoms with Crippen molar-refractivity contribution < 1.29 is 24.0 Å². The van der Waals surface area contributed by atoms with Crippen LogP contribution in [0.25, 0.3) is 0 Å². The van der Waals surface area contributed by atoms with Gasteiger partial charge in [0.2, 0.25) is 17.7 Å². The zero-order valence-electron chi connectivity index (χ0n) is 22.9. The number of nitrogens with one attached hydrogen (secondary N) is 1. The Labute approximate surface area is 253 Å². The van der Waals surface area contributed by atoms with E-state index in [1.807, 2.05) is 19.1 Å². The van der Waals surface area contributed by atoms with Crippen LogP contribution in [0.3, 0.4) is 0 Å². The minimum atomic E-state index is -0.912. The Morgan fingerprint density at radius 2 is 1.70 bits per heavy atom. The Morgan fingerprint density at radius 3 is 2.40 bits per heavy atom. The fraction of sp³-hybridized carbons (Fsp3) is 0.200. The summed E-state index contributed by atoms with van der Waals surface area (Å²) in [4.78, 5) is 66.2. The van der Waals surface area contributed by atoms with E-state index in [-0.39, 0.29) is 22.8 Å². The van der Waals surface area contributed by atoms with Crippen LogP contribution < -0.4 is 19.8 Å². The summed E-state index contributed by atoms with van der Waals surface area (Å²) in [5, 5.41) is 13.5. The lowest BCUT2D eigenvalue weighted by Crippen LogP contribution is -2.33. The third kappa shape index (κ3) is 4.89. The number of nitro benzene ring substituents is 1. The number of imide groups is 1. The van der Waals surface area contributed by atoms with E-state index in [2.05, 4.69) is 5.32 Å². The molecule has 3 aromatic carbocycles. The predicted octanol–water partition coefficient (Wildman–Crippen LogP) is 4.57. The highest BCUT2D eigenvalue weighted by molar-refractivity contribution is 8.00. The molecule has 0 spiro atoms. The SMILES string of the molecule is COc1ccccc1[C@H]1c2sc(=O)n(CC(=O)Nc3ccccc3C)c2SC2C(=O)N(c3ccc([N+](=O)[O-])cc3)C(=O)C21. The molecule has 0 aliphatic carbocycles. The van der Waals surface area contributed by atoms with Crippen LogP contribution in [0.1, 0.15) is 21.9 Å². The van der Waals surface area contributed by atoms with Crippen molar-refractivity contribution in [1.29, 1.82) is 0 Å². The normalized spacial score (nSPS) is 19.1. The molecule has 2 unspecified atom stereocenters. The molecule has 1 N–H and O–H groups in total. The van der Waals surface area contributed by atoms with Crippen molar-refractivity contribution in [2.45, 2.75) is 29.7 Å². The quantitative estimate of drug-likeness (QED) is 0.181. The van der Waals surface area contributed by atoms with Gasteiger partial charge in [0.1, 0.15) is 17.5 Å². The average molecular weight is 617 g/mol. The first kappa shape index (κ1) is 28.4. The number of amides is 3. The maximum Gasteiger partial charge on any atom is 0.308 e. The van der Waals surface area contributed by atoms with E-state index in [9.17, 15) is 29.3 Å². The summed E-state index contributed by atoms with van der Waals surface area (Å²) < 4.78 is 6.98. The van der Waals surface area contributed by atoms with E-state index in [1.165, 1.54) is 35.9 Å². The molecule has 3 heterocycles. The van der Waals surface area contributed by atoms with Gasteiger partial charge in [0.15, 0.2) is 0 Å². The maximum absolute atomic E-state index is 14.0. The molecular formula is C30H24N4O7S2. The van der Waals surface area contributed by atoms with Crippen molar-refractivity contribution in [2.24, 2.45) is 5.92 Å². The highest BCUT2D eigenvalue weighted by atomic mass is 32.2. The van der Waals surface area contributed by atoms with Crippen molar-refractivity contribution in [3.05, 3.63) is 109 Å². The Bertz CT molecular complexity index is 1850. The van der Waals surface area contributed by atoms with Gasteiger partial charge in [0.05, 0.1) is 28.7 Å². The number of carbonyl (C=O) groups excluding carboxylic acids is 3. The second kappa shape index (κ2) is 11.2. The molecule has 1 fully saturated rings. The molecule has 1 aromatic heterocycles. The Morgan fingerprint density at radius 1 is 1.00 bits per heavy atom. The number of methoxy groups -OCH3 is 1. The van der Waals surface area contributed by atoms with Gasteiger partial charge in [-0.15, -0.1) is 0 Å². The summed E-state index contributed by atoms with van der Waals surface area (Å²) in [6.45, 7) is 1.58. The van der Waals surface area contributed by atoms with Crippen molar-refractivity contribution in [3.63, 3.8) is 0 Å². The number of hydrogen-bond donors (Lipinski definition) is 1. The van der Waals surface area contributed by atoms with Crippen molar-refractivity contribution >= 4 is 57.9 Å². The van der Waals surface area contributed by atoms with Crippen molar-refractivity contribution in [1.82, 2.24) is 4.57 Å². The number of hydrogen-bond acceptors (Lipinski definition) is 9. The number of aromatic nitrogens is 1. The standard InChI is InChI=1S/C30H24N4O7S2/c1-16-7-3-5-9-20(16)31-22(35)15-32-29-26(43-30(32)38)23(19-8-4-6-10-21(19)41-2)24-25(42-29)28(37)33(27(24)36)17-11-13-18(14-12-17)34(39)40/h3-14,23-25H,15H2,1-2H3,(H,31,35)/t23-,24?,25?/m1/s1. The first-order valence-electron chi connectivity index (χ1n) is 13.2. The average Bonchev–Trinajstić information content (AvgIpc) is 3.44. The second-order valence-electron chi connectivity index (χ2n) is 10.1. The molecule has 2 aliphatic heterocycles. The molecule has 3 amide bonds. The largest absolute Gasteiger partial charge is 0.496 e. The van der Waals surface area contributed by atoms with Crippen LogP contribution in [0, 0.1) is 23.0 Å². The number of para-hydroxylation sites is 2. The van der Waals surface area contributed by atoms with Crippen LogP contribution in [-0.2, 0) is 20.9 Å². The fourth-order valence-electron chi connectivity index (χ4n) is 5.54. The van der Waals surface area contributed by atoms with Crippen LogP contribution >= 0.6 is 23.1 Å². The topological polar surface area (TPSA) is 141 Å². The number of fused-ring (bicyclic) bond motifs is 2. The molecular weight excluding hydrogens is 592 g/mol. The lowest BCUT2D eigenvalue weighted by Gasteiger charge is -2.31. The summed E-state index contributed by atoms with van der Waals surface area (Å²) >= 11 is 2.03. The van der Waals surface area contributed by atoms with E-state index >= 15 is 0 Å². The molecule has 0 bridgehead atoms. The first-order valence-corrected chi connectivity index (χ1v) is 14.9. The van der Waals surface area contributed by atoms with E-state index in [1.54, 1.807) is 36.4 Å². The van der Waals surface area contributed by atoms with Gasteiger partial charge in [-0.3, -0.25) is 33.9 Å². The third-order valence-corrected chi connectivity index (χ3v) is 10.2. The molecule has 6 rings (SSSR count). The van der Waals surface area contributed by atoms with Gasteiger partial charge < -0.3 is 10.1 Å². The minimum absolute atomic E-state index is 0.170. The summed E-state index contributed by atoms with van der Waals surface area (Å²) in [5.74, 6) is -2.51. The minimum Gasteiger partial charge on any atom is -0.496 e. The number of benzene rings is 3. The monoisotopic (exact) mass is 616 g/mol. The molecule has 11 nitrogen and oxygen atoms in total. The number of rotatable bonds is 7. The van der Waals surface area contributed by atoms with Crippen LogP contribution in [0.2, 0.25) is 0 Å². The smallest absolute Gasteiger partial charge is 0.308 e. The van der Waals surface area contributed by atoms with Gasteiger partial charge in [-0.05, 0) is 36.8 Å². The van der Waals surface area contributed by atoms with Gasteiger partial charge in [-0.25, -0.2) is 4.90 Å². The van der Waals surface area contributed by atoms with Gasteiger partial charge in [0.25, 0.3) is 5.69 Å². The number of thioether (sulfide) groups is 1. The summed E-state index contributed by atoms with van der Waals surface area (Å²) in [6, 6.07) is 19.6. The Hall–Kier alpha value is -4.75. The van der Waals surface area contributed by atoms with E-state index in [4.69, 9.17) is 4.74 Å². The van der Waals surface area contributed by atoms with Crippen molar-refractivity contribution in [3.8, 4) is 5.75 Å². The molecule has 1 saturated heterocycles. The van der Waals surface area contributed by atoms with Gasteiger partial charge in [-0.2, -0.15) is 0 Å². The summed E-state index contributed by atoms with van der Waals surface area (Å²) in [7, 11) is 1.50. The Kier molecular flexibility index (Phi) is 7.36. The molecule has 3 atom stereocenters. The Balaban J connectivity index is 1.43. The molecule has 2 aliphatic rings. The number of nitro groups is 1. The number of thiazole rings is 1. The number of ether oxygens (including phenoxy) is 1. The lowest BCUT2D eigenvalue weighted by atomic mass is 9.82. The van der Waals surface area contributed by atoms with Gasteiger partial charge in [-0.1, -0.05) is 59.5 Å². The fourth-order valence-corrected chi connectivity index (χ4v) is 8.30. The number of carbonyl (C=O) groups is 3. The lowest BCUT2D eigenvalue weighted by molar-refractivity contribution is -0.384. The van der Waals surface area contributed by atoms with Crippen LogP contribution in [0.5, 0.6) is 5.75 Å². The molecule has 0 saturated carbocycles. The van der Waals surface area contributed by atoms with Gasteiger partial charge in [0, 0.05) is 34.2 Å². The number of non-ortho nitro benzene ring substituents is 1. The molecule has 0 radical (unpaired) electrons. The van der Waals surface area contributed by atoms with E-state index in [0.29, 0.717) is 26.9 Å². The zero-order chi connectivity index (χ0) is 30.4. The van der Waals surface area contributed by atoms with Gasteiger partial charge >= 0.3 is 4.87 Å². The van der Waals surface area contributed by atoms with Crippen LogP contribution in [0.4, 0.5) is 17.1 Å². The second-order valence-corrected chi connectivity index (χ2v) is 12.2. The molecule has 13 heteroatoms. The summed E-state index contributed by atoms with van der Waals surface area (Å²) in [5.41, 5.74) is 2.17. The molecule has 43 heavy (non-hydrogen) atoms. The third-order valence-electron chi connectivity index (χ3n) is 7.56. The van der Waals surface area contributed by atoms with E-state index in [0.717, 1.165) is 33.6 Å². The van der Waals surface area contributed by atoms with E-state index < -0.39 is 39.7 Å². The maximum atomic E-state index is 14.0. The van der Waals surface area contributed by atoms with Crippen LogP contribution in [0.15, 0.2) is 82.6 Å².